The fourth-order valence-electron chi connectivity index (χ4n) is 3.20. The van der Waals surface area contributed by atoms with Crippen LogP contribution in [0.2, 0.25) is 0 Å². The van der Waals surface area contributed by atoms with Crippen molar-refractivity contribution in [3.8, 4) is 5.75 Å². The standard InChI is InChI=1S/C20H20BrN5O2S/c1-11-6-4-5-7-15(11)22-19(27)18-17(13-8-9-16(28-3)14(21)10-13)25-26-12(2)23-24-20(26)29-18/h4-10,17-18,25H,1-3H3,(H,22,27)/t17-,18+/m1/s1. The quantitative estimate of drug-likeness (QED) is 0.594. The molecule has 150 valence electrons. The van der Waals surface area contributed by atoms with Gasteiger partial charge in [0.15, 0.2) is 0 Å². The van der Waals surface area contributed by atoms with E-state index in [1.165, 1.54) is 11.8 Å². The minimum atomic E-state index is -0.439. The van der Waals surface area contributed by atoms with Gasteiger partial charge in [0.1, 0.15) is 16.8 Å². The van der Waals surface area contributed by atoms with Crippen LogP contribution in [0.15, 0.2) is 52.1 Å². The summed E-state index contributed by atoms with van der Waals surface area (Å²) in [5, 5.41) is 11.6. The summed E-state index contributed by atoms with van der Waals surface area (Å²) in [6, 6.07) is 13.3. The number of aryl methyl sites for hydroxylation is 2. The summed E-state index contributed by atoms with van der Waals surface area (Å²) in [6.07, 6.45) is 0. The second-order valence-electron chi connectivity index (χ2n) is 6.71. The van der Waals surface area contributed by atoms with Crippen LogP contribution in [0, 0.1) is 13.8 Å². The van der Waals surface area contributed by atoms with Crippen molar-refractivity contribution in [3.63, 3.8) is 0 Å². The molecule has 0 aliphatic carbocycles. The normalized spacial score (nSPS) is 17.9. The highest BCUT2D eigenvalue weighted by atomic mass is 79.9. The van der Waals surface area contributed by atoms with Crippen molar-refractivity contribution in [1.29, 1.82) is 0 Å². The van der Waals surface area contributed by atoms with E-state index >= 15 is 0 Å². The molecule has 0 bridgehead atoms. The molecule has 0 saturated heterocycles. The van der Waals surface area contributed by atoms with Crippen LogP contribution in [-0.4, -0.2) is 33.1 Å². The number of fused-ring (bicyclic) bond motifs is 1. The molecule has 1 aliphatic rings. The number of benzene rings is 2. The molecule has 2 N–H and O–H groups in total. The van der Waals surface area contributed by atoms with Crippen molar-refractivity contribution in [2.45, 2.75) is 30.3 Å². The van der Waals surface area contributed by atoms with Gasteiger partial charge in [0.2, 0.25) is 11.1 Å². The van der Waals surface area contributed by atoms with Crippen molar-refractivity contribution in [1.82, 2.24) is 14.9 Å². The second-order valence-corrected chi connectivity index (χ2v) is 8.67. The Hall–Kier alpha value is -2.52. The third-order valence-corrected chi connectivity index (χ3v) is 6.63. The van der Waals surface area contributed by atoms with Gasteiger partial charge in [0.25, 0.3) is 0 Å². The molecule has 29 heavy (non-hydrogen) atoms. The van der Waals surface area contributed by atoms with Crippen molar-refractivity contribution in [3.05, 3.63) is 63.9 Å². The molecule has 2 atom stereocenters. The average molecular weight is 474 g/mol. The number of amides is 1. The van der Waals surface area contributed by atoms with E-state index in [1.54, 1.807) is 7.11 Å². The minimum Gasteiger partial charge on any atom is -0.496 e. The monoisotopic (exact) mass is 473 g/mol. The van der Waals surface area contributed by atoms with Gasteiger partial charge in [0.05, 0.1) is 17.6 Å². The van der Waals surface area contributed by atoms with Gasteiger partial charge in [-0.1, -0.05) is 36.0 Å². The molecular weight excluding hydrogens is 454 g/mol. The lowest BCUT2D eigenvalue weighted by Gasteiger charge is -2.33. The van der Waals surface area contributed by atoms with Crippen LogP contribution in [0.4, 0.5) is 5.69 Å². The number of carbonyl (C=O) groups is 1. The lowest BCUT2D eigenvalue weighted by Crippen LogP contribution is -2.41. The number of aromatic nitrogens is 3. The summed E-state index contributed by atoms with van der Waals surface area (Å²) in [7, 11) is 1.62. The number of carbonyl (C=O) groups excluding carboxylic acids is 1. The van der Waals surface area contributed by atoms with E-state index < -0.39 is 5.25 Å². The Kier molecular flexibility index (Phi) is 5.51. The average Bonchev–Trinajstić information content (AvgIpc) is 3.08. The van der Waals surface area contributed by atoms with Gasteiger partial charge in [-0.05, 0) is 59.1 Å². The number of rotatable bonds is 4. The molecule has 0 fully saturated rings. The Morgan fingerprint density at radius 1 is 1.24 bits per heavy atom. The molecular formula is C20H20BrN5O2S. The summed E-state index contributed by atoms with van der Waals surface area (Å²) in [6.45, 7) is 3.85. The molecule has 1 aliphatic heterocycles. The van der Waals surface area contributed by atoms with Crippen LogP contribution in [0.25, 0.3) is 0 Å². The van der Waals surface area contributed by atoms with E-state index in [0.717, 1.165) is 32.9 Å². The maximum absolute atomic E-state index is 13.3. The highest BCUT2D eigenvalue weighted by Crippen LogP contribution is 2.39. The van der Waals surface area contributed by atoms with Crippen LogP contribution in [0.5, 0.6) is 5.75 Å². The molecule has 0 unspecified atom stereocenters. The summed E-state index contributed by atoms with van der Waals surface area (Å²) in [5.74, 6) is 1.38. The first-order chi connectivity index (χ1) is 14.0. The zero-order chi connectivity index (χ0) is 20.5. The zero-order valence-corrected chi connectivity index (χ0v) is 18.5. The fourth-order valence-corrected chi connectivity index (χ4v) is 4.89. The van der Waals surface area contributed by atoms with Gasteiger partial charge in [-0.2, -0.15) is 0 Å². The predicted octanol–water partition coefficient (Wildman–Crippen LogP) is 4.06. The molecule has 3 aromatic rings. The lowest BCUT2D eigenvalue weighted by atomic mass is 10.0. The maximum Gasteiger partial charge on any atom is 0.240 e. The number of nitrogens with one attached hydrogen (secondary N) is 2. The minimum absolute atomic E-state index is 0.0966. The number of ether oxygens (including phenoxy) is 1. The Morgan fingerprint density at radius 2 is 2.03 bits per heavy atom. The number of para-hydroxylation sites is 1. The van der Waals surface area contributed by atoms with Gasteiger partial charge in [0, 0.05) is 5.69 Å². The molecule has 7 nitrogen and oxygen atoms in total. The smallest absolute Gasteiger partial charge is 0.240 e. The van der Waals surface area contributed by atoms with E-state index in [9.17, 15) is 4.79 Å². The molecule has 0 radical (unpaired) electrons. The van der Waals surface area contributed by atoms with Gasteiger partial charge < -0.3 is 15.5 Å². The van der Waals surface area contributed by atoms with E-state index in [1.807, 2.05) is 61.0 Å². The number of anilines is 1. The van der Waals surface area contributed by atoms with Crippen LogP contribution >= 0.6 is 27.7 Å². The van der Waals surface area contributed by atoms with E-state index in [2.05, 4.69) is 36.9 Å². The first-order valence-corrected chi connectivity index (χ1v) is 10.7. The van der Waals surface area contributed by atoms with Crippen LogP contribution < -0.4 is 15.5 Å². The second kappa shape index (κ2) is 8.08. The van der Waals surface area contributed by atoms with Crippen LogP contribution in [-0.2, 0) is 4.79 Å². The SMILES string of the molecule is COc1ccc([C@H]2Nn3c(C)nnc3S[C@@H]2C(=O)Nc2ccccc2C)cc1Br. The molecule has 1 amide bonds. The number of halogens is 1. The molecule has 4 rings (SSSR count). The van der Waals surface area contributed by atoms with Crippen LogP contribution in [0.3, 0.4) is 0 Å². The van der Waals surface area contributed by atoms with E-state index in [4.69, 9.17) is 4.74 Å². The van der Waals surface area contributed by atoms with Gasteiger partial charge in [-0.3, -0.25) is 4.79 Å². The summed E-state index contributed by atoms with van der Waals surface area (Å²) < 4.78 is 7.99. The third-order valence-electron chi connectivity index (χ3n) is 4.79. The Balaban J connectivity index is 1.70. The van der Waals surface area contributed by atoms with Crippen molar-refractivity contribution in [2.75, 3.05) is 17.9 Å². The Labute approximate surface area is 181 Å². The number of hydrogen-bond acceptors (Lipinski definition) is 6. The maximum atomic E-state index is 13.3. The zero-order valence-electron chi connectivity index (χ0n) is 16.1. The molecule has 2 heterocycles. The topological polar surface area (TPSA) is 81.1 Å². The largest absolute Gasteiger partial charge is 0.496 e. The highest BCUT2D eigenvalue weighted by molar-refractivity contribution is 9.10. The highest BCUT2D eigenvalue weighted by Gasteiger charge is 2.37. The third kappa shape index (κ3) is 3.84. The summed E-state index contributed by atoms with van der Waals surface area (Å²) in [5.41, 5.74) is 6.17. The molecule has 9 heteroatoms. The van der Waals surface area contributed by atoms with Gasteiger partial charge in [-0.25, -0.2) is 4.68 Å². The number of thioether (sulfide) groups is 1. The first-order valence-electron chi connectivity index (χ1n) is 9.03. The first kappa shape index (κ1) is 19.8. The van der Waals surface area contributed by atoms with Crippen molar-refractivity contribution < 1.29 is 9.53 Å². The number of methoxy groups -OCH3 is 1. The predicted molar refractivity (Wildman–Crippen MR) is 117 cm³/mol. The summed E-state index contributed by atoms with van der Waals surface area (Å²) >= 11 is 4.94. The molecule has 0 saturated carbocycles. The van der Waals surface area contributed by atoms with Gasteiger partial charge in [-0.15, -0.1) is 10.2 Å². The molecule has 1 aromatic heterocycles. The van der Waals surface area contributed by atoms with Crippen LogP contribution in [0.1, 0.15) is 23.0 Å². The number of hydrogen-bond donors (Lipinski definition) is 2. The summed E-state index contributed by atoms with van der Waals surface area (Å²) in [4.78, 5) is 13.3. The van der Waals surface area contributed by atoms with Crippen molar-refractivity contribution >= 4 is 39.3 Å². The molecule has 0 spiro atoms. The van der Waals surface area contributed by atoms with E-state index in [-0.39, 0.29) is 11.9 Å². The molecule has 2 aromatic carbocycles. The van der Waals surface area contributed by atoms with Gasteiger partial charge >= 0.3 is 0 Å². The van der Waals surface area contributed by atoms with Crippen molar-refractivity contribution in [2.24, 2.45) is 0 Å². The number of nitrogens with zero attached hydrogens (tertiary/aromatic N) is 3. The fraction of sp³-hybridized carbons (Fsp3) is 0.250. The Bertz CT molecular complexity index is 1070. The van der Waals surface area contributed by atoms with E-state index in [0.29, 0.717) is 5.16 Å². The Morgan fingerprint density at radius 3 is 2.76 bits per heavy atom. The lowest BCUT2D eigenvalue weighted by molar-refractivity contribution is -0.116.